The van der Waals surface area contributed by atoms with E-state index in [1.54, 1.807) is 32.9 Å². The second kappa shape index (κ2) is 8.70. The van der Waals surface area contributed by atoms with Crippen molar-refractivity contribution in [2.45, 2.75) is 32.9 Å². The number of amides is 1. The van der Waals surface area contributed by atoms with Gasteiger partial charge in [-0.05, 0) is 44.5 Å². The Morgan fingerprint density at radius 2 is 1.84 bits per heavy atom. The van der Waals surface area contributed by atoms with Gasteiger partial charge in [0.15, 0.2) is 0 Å². The molecule has 0 unspecified atom stereocenters. The predicted octanol–water partition coefficient (Wildman–Crippen LogP) is -0.859. The summed E-state index contributed by atoms with van der Waals surface area (Å²) in [5.74, 6) is -1.32. The number of nitrogens with one attached hydrogen (secondary N) is 1. The molecule has 1 heterocycles. The van der Waals surface area contributed by atoms with Crippen LogP contribution in [0.3, 0.4) is 0 Å². The molecule has 1 N–H and O–H groups in total. The van der Waals surface area contributed by atoms with Crippen LogP contribution < -0.4 is 29.3 Å². The van der Waals surface area contributed by atoms with Crippen LogP contribution in [-0.4, -0.2) is 22.6 Å². The number of aromatic nitrogens is 1. The van der Waals surface area contributed by atoms with E-state index in [4.69, 9.17) is 4.74 Å². The monoisotopic (exact) mass is 334 g/mol. The van der Waals surface area contributed by atoms with Gasteiger partial charge in [0, 0.05) is 12.1 Å². The van der Waals surface area contributed by atoms with E-state index in [1.807, 2.05) is 24.3 Å². The maximum Gasteiger partial charge on any atom is 1.00 e. The summed E-state index contributed by atoms with van der Waals surface area (Å²) in [6.07, 6.45) is -0.495. The van der Waals surface area contributed by atoms with E-state index in [0.717, 1.165) is 11.1 Å². The van der Waals surface area contributed by atoms with Gasteiger partial charge in [-0.3, -0.25) is 0 Å². The number of carbonyl (C=O) groups excluding carboxylic acids is 2. The van der Waals surface area contributed by atoms with Crippen molar-refractivity contribution in [3.63, 3.8) is 0 Å². The molecule has 0 atom stereocenters. The van der Waals surface area contributed by atoms with Gasteiger partial charge in [0.1, 0.15) is 5.60 Å². The molecule has 1 aromatic heterocycles. The van der Waals surface area contributed by atoms with Crippen molar-refractivity contribution in [2.24, 2.45) is 0 Å². The van der Waals surface area contributed by atoms with Crippen LogP contribution in [-0.2, 0) is 11.3 Å². The number of hydrogen-bond acceptors (Lipinski definition) is 5. The number of benzene rings is 1. The van der Waals surface area contributed by atoms with E-state index in [-0.39, 0.29) is 24.6 Å². The molecule has 2 rings (SSSR count). The summed E-state index contributed by atoms with van der Waals surface area (Å²) in [5, 5.41) is 13.6. The number of nitrogens with zero attached hydrogens (tertiary/aromatic N) is 1. The molecular formula is C18H19LiN2O4. The third-order valence-electron chi connectivity index (χ3n) is 3.02. The summed E-state index contributed by atoms with van der Waals surface area (Å²) in [4.78, 5) is 26.6. The van der Waals surface area contributed by atoms with Gasteiger partial charge in [0.2, 0.25) is 0 Å². The zero-order chi connectivity index (χ0) is 17.7. The third kappa shape index (κ3) is 6.61. The van der Waals surface area contributed by atoms with E-state index < -0.39 is 17.7 Å². The number of carboxylic acid groups (broad SMARTS) is 1. The van der Waals surface area contributed by atoms with Gasteiger partial charge >= 0.3 is 25.0 Å². The molecule has 0 radical (unpaired) electrons. The number of pyridine rings is 1. The summed E-state index contributed by atoms with van der Waals surface area (Å²) in [7, 11) is 0. The fourth-order valence-corrected chi connectivity index (χ4v) is 2.04. The molecule has 7 heteroatoms. The first kappa shape index (κ1) is 20.8. The van der Waals surface area contributed by atoms with Gasteiger partial charge in [-0.25, -0.2) is 9.78 Å². The molecule has 0 spiro atoms. The molecule has 0 saturated carbocycles. The van der Waals surface area contributed by atoms with Crippen LogP contribution >= 0.6 is 0 Å². The molecule has 2 aromatic rings. The maximum atomic E-state index is 11.7. The van der Waals surface area contributed by atoms with Crippen LogP contribution in [0.1, 0.15) is 36.8 Å². The second-order valence-electron chi connectivity index (χ2n) is 6.25. The van der Waals surface area contributed by atoms with Crippen molar-refractivity contribution in [2.75, 3.05) is 0 Å². The average Bonchev–Trinajstić information content (AvgIpc) is 2.52. The Balaban J connectivity index is 0.00000312. The smallest absolute Gasteiger partial charge is 0.543 e. The van der Waals surface area contributed by atoms with E-state index >= 15 is 0 Å². The molecule has 1 amide bonds. The molecular weight excluding hydrogens is 315 g/mol. The molecule has 126 valence electrons. The van der Waals surface area contributed by atoms with Gasteiger partial charge in [0.25, 0.3) is 0 Å². The van der Waals surface area contributed by atoms with Crippen molar-refractivity contribution < 1.29 is 38.3 Å². The number of alkyl carbamates (subject to hydrolysis) is 1. The fourth-order valence-electron chi connectivity index (χ4n) is 2.04. The zero-order valence-electron chi connectivity index (χ0n) is 14.8. The molecule has 1 aromatic carbocycles. The summed E-state index contributed by atoms with van der Waals surface area (Å²) in [5.41, 5.74) is 1.45. The van der Waals surface area contributed by atoms with Crippen LogP contribution in [0.5, 0.6) is 0 Å². The van der Waals surface area contributed by atoms with Crippen LogP contribution in [0.2, 0.25) is 0 Å². The number of carboxylic acids is 1. The Bertz CT molecular complexity index is 757. The zero-order valence-corrected chi connectivity index (χ0v) is 14.8. The number of hydrogen-bond donors (Lipinski definition) is 1. The van der Waals surface area contributed by atoms with Crippen LogP contribution in [0, 0.1) is 0 Å². The van der Waals surface area contributed by atoms with Crippen LogP contribution in [0.25, 0.3) is 11.3 Å². The third-order valence-corrected chi connectivity index (χ3v) is 3.02. The first-order chi connectivity index (χ1) is 11.2. The Labute approximate surface area is 158 Å². The van der Waals surface area contributed by atoms with Crippen LogP contribution in [0.15, 0.2) is 42.5 Å². The van der Waals surface area contributed by atoms with Gasteiger partial charge in [-0.15, -0.1) is 0 Å². The van der Waals surface area contributed by atoms with Crippen molar-refractivity contribution in [3.8, 4) is 11.3 Å². The number of rotatable bonds is 4. The van der Waals surface area contributed by atoms with Gasteiger partial charge in [0.05, 0.1) is 17.4 Å². The second-order valence-corrected chi connectivity index (χ2v) is 6.25. The van der Waals surface area contributed by atoms with Gasteiger partial charge in [-0.1, -0.05) is 24.3 Å². The fraction of sp³-hybridized carbons (Fsp3) is 0.278. The molecule has 0 aliphatic heterocycles. The SMILES string of the molecule is CC(C)(C)OC(=O)NCc1cccc(-c2cccc(C(=O)[O-])n2)c1.[Li+]. The average molecular weight is 334 g/mol. The summed E-state index contributed by atoms with van der Waals surface area (Å²) < 4.78 is 5.18. The molecule has 0 aliphatic carbocycles. The summed E-state index contributed by atoms with van der Waals surface area (Å²) >= 11 is 0. The van der Waals surface area contributed by atoms with E-state index in [1.165, 1.54) is 6.07 Å². The van der Waals surface area contributed by atoms with Gasteiger partial charge in [-0.2, -0.15) is 0 Å². The molecule has 6 nitrogen and oxygen atoms in total. The molecule has 0 bridgehead atoms. The van der Waals surface area contributed by atoms with E-state index in [9.17, 15) is 14.7 Å². The quantitative estimate of drug-likeness (QED) is 0.735. The molecule has 0 fully saturated rings. The summed E-state index contributed by atoms with van der Waals surface area (Å²) in [6, 6.07) is 12.0. The minimum absolute atomic E-state index is 0. The molecule has 25 heavy (non-hydrogen) atoms. The van der Waals surface area contributed by atoms with E-state index in [2.05, 4.69) is 10.3 Å². The van der Waals surface area contributed by atoms with Crippen molar-refractivity contribution in [1.29, 1.82) is 0 Å². The summed E-state index contributed by atoms with van der Waals surface area (Å²) in [6.45, 7) is 5.68. The van der Waals surface area contributed by atoms with Crippen molar-refractivity contribution >= 4 is 12.1 Å². The van der Waals surface area contributed by atoms with E-state index in [0.29, 0.717) is 12.2 Å². The molecule has 0 aliphatic rings. The Hall–Kier alpha value is -2.29. The molecule has 0 saturated heterocycles. The Kier molecular flexibility index (Phi) is 7.22. The normalized spacial score (nSPS) is 10.5. The minimum atomic E-state index is -1.32. The number of carbonyl (C=O) groups is 2. The van der Waals surface area contributed by atoms with Gasteiger partial charge < -0.3 is 20.0 Å². The predicted molar refractivity (Wildman–Crippen MR) is 87.1 cm³/mol. The first-order valence-corrected chi connectivity index (χ1v) is 7.49. The Morgan fingerprint density at radius 1 is 1.16 bits per heavy atom. The number of ether oxygens (including phenoxy) is 1. The minimum Gasteiger partial charge on any atom is -0.543 e. The van der Waals surface area contributed by atoms with Crippen molar-refractivity contribution in [3.05, 3.63) is 53.7 Å². The maximum absolute atomic E-state index is 11.7. The topological polar surface area (TPSA) is 91.3 Å². The standard InChI is InChI=1S/C18H20N2O4.Li/c1-18(2,3)24-17(23)19-11-12-6-4-7-13(10-12)14-8-5-9-15(20-14)16(21)22;/h4-10H,11H2,1-3H3,(H,19,23)(H,21,22);/q;+1/p-1. The number of aromatic carboxylic acids is 1. The van der Waals surface area contributed by atoms with Crippen molar-refractivity contribution in [1.82, 2.24) is 10.3 Å². The largest absolute Gasteiger partial charge is 1.00 e. The Morgan fingerprint density at radius 3 is 2.48 bits per heavy atom. The first-order valence-electron chi connectivity index (χ1n) is 7.49. The van der Waals surface area contributed by atoms with Crippen LogP contribution in [0.4, 0.5) is 4.79 Å².